The third-order valence-corrected chi connectivity index (χ3v) is 2.10. The molecule has 0 heterocycles. The number of carboxylic acids is 2. The predicted molar refractivity (Wildman–Crippen MR) is 58.3 cm³/mol. The van der Waals surface area contributed by atoms with Gasteiger partial charge in [-0.1, -0.05) is 6.92 Å². The highest BCUT2D eigenvalue weighted by Gasteiger charge is 2.21. The zero-order valence-electron chi connectivity index (χ0n) is 9.47. The quantitative estimate of drug-likeness (QED) is 0.316. The van der Waals surface area contributed by atoms with Crippen molar-refractivity contribution in [1.82, 2.24) is 10.6 Å². The lowest BCUT2D eigenvalue weighted by Crippen LogP contribution is -2.50. The Kier molecular flexibility index (Phi) is 6.83. The molecule has 17 heavy (non-hydrogen) atoms. The van der Waals surface area contributed by atoms with E-state index < -0.39 is 29.9 Å². The average Bonchev–Trinajstić information content (AvgIpc) is 2.21. The molecule has 8 heteroatoms. The van der Waals surface area contributed by atoms with E-state index in [2.05, 4.69) is 10.6 Å². The summed E-state index contributed by atoms with van der Waals surface area (Å²) in [6, 6.07) is -1.87. The molecule has 2 atom stereocenters. The smallest absolute Gasteiger partial charge is 0.322 e. The number of carbonyl (C=O) groups is 3. The minimum Gasteiger partial charge on any atom is -0.480 e. The van der Waals surface area contributed by atoms with Crippen LogP contribution in [0.5, 0.6) is 0 Å². The van der Waals surface area contributed by atoms with Gasteiger partial charge in [-0.15, -0.1) is 0 Å². The number of aliphatic carboxylic acids is 2. The van der Waals surface area contributed by atoms with E-state index in [-0.39, 0.29) is 13.1 Å². The van der Waals surface area contributed by atoms with Crippen LogP contribution in [0.1, 0.15) is 13.3 Å². The van der Waals surface area contributed by atoms with Crippen molar-refractivity contribution in [3.05, 3.63) is 0 Å². The van der Waals surface area contributed by atoms with E-state index in [9.17, 15) is 14.4 Å². The maximum atomic E-state index is 10.8. The van der Waals surface area contributed by atoms with Crippen LogP contribution in [-0.2, 0) is 14.4 Å². The molecule has 0 bridgehead atoms. The molecule has 0 aromatic heterocycles. The number of hydrogen-bond acceptors (Lipinski definition) is 5. The second-order valence-electron chi connectivity index (χ2n) is 3.45. The summed E-state index contributed by atoms with van der Waals surface area (Å²) < 4.78 is 0. The molecule has 0 spiro atoms. The van der Waals surface area contributed by atoms with Crippen molar-refractivity contribution in [3.8, 4) is 0 Å². The molecule has 0 aliphatic rings. The van der Waals surface area contributed by atoms with E-state index in [0.717, 1.165) is 0 Å². The van der Waals surface area contributed by atoms with Crippen molar-refractivity contribution in [2.75, 3.05) is 13.1 Å². The van der Waals surface area contributed by atoms with E-state index in [4.69, 9.17) is 15.9 Å². The Balaban J connectivity index is 4.21. The van der Waals surface area contributed by atoms with Gasteiger partial charge in [0.1, 0.15) is 12.1 Å². The van der Waals surface area contributed by atoms with Crippen LogP contribution < -0.4 is 16.4 Å². The Hall–Kier alpha value is -1.67. The molecule has 0 aromatic rings. The second-order valence-corrected chi connectivity index (χ2v) is 3.45. The molecule has 6 N–H and O–H groups in total. The molecule has 0 radical (unpaired) electrons. The molecule has 0 aromatic carbocycles. The van der Waals surface area contributed by atoms with Crippen molar-refractivity contribution < 1.29 is 24.6 Å². The Labute approximate surface area is 98.2 Å². The van der Waals surface area contributed by atoms with E-state index in [1.165, 1.54) is 0 Å². The number of nitrogens with one attached hydrogen (secondary N) is 2. The van der Waals surface area contributed by atoms with Gasteiger partial charge < -0.3 is 21.3 Å². The van der Waals surface area contributed by atoms with Gasteiger partial charge in [-0.25, -0.2) is 0 Å². The molecule has 98 valence electrons. The summed E-state index contributed by atoms with van der Waals surface area (Å²) in [6.45, 7) is 1.29. The lowest BCUT2D eigenvalue weighted by Gasteiger charge is -2.17. The van der Waals surface area contributed by atoms with Crippen LogP contribution in [0, 0.1) is 0 Å². The van der Waals surface area contributed by atoms with E-state index in [1.807, 2.05) is 0 Å². The van der Waals surface area contributed by atoms with Crippen LogP contribution in [0.15, 0.2) is 0 Å². The summed E-state index contributed by atoms with van der Waals surface area (Å²) in [5.41, 5.74) is 4.86. The van der Waals surface area contributed by atoms with Crippen LogP contribution >= 0.6 is 0 Å². The zero-order chi connectivity index (χ0) is 13.4. The molecular weight excluding hydrogens is 230 g/mol. The number of carboxylic acid groups (broad SMARTS) is 2. The third-order valence-electron chi connectivity index (χ3n) is 2.10. The van der Waals surface area contributed by atoms with E-state index >= 15 is 0 Å². The molecule has 0 fully saturated rings. The Morgan fingerprint density at radius 3 is 2.00 bits per heavy atom. The molecule has 2 unspecified atom stereocenters. The highest BCUT2D eigenvalue weighted by molar-refractivity contribution is 5.78. The van der Waals surface area contributed by atoms with Gasteiger partial charge in [0, 0.05) is 6.54 Å². The first-order chi connectivity index (χ1) is 7.88. The summed E-state index contributed by atoms with van der Waals surface area (Å²) in [7, 11) is 0. The predicted octanol–water partition coefficient (Wildman–Crippen LogP) is -2.03. The number of hydrogen-bond donors (Lipinski definition) is 5. The summed E-state index contributed by atoms with van der Waals surface area (Å²) in [6.07, 6.45) is 0.331. The van der Waals surface area contributed by atoms with Crippen LogP contribution in [-0.4, -0.2) is 53.2 Å². The largest absolute Gasteiger partial charge is 0.480 e. The van der Waals surface area contributed by atoms with Gasteiger partial charge >= 0.3 is 11.9 Å². The molecule has 0 aliphatic carbocycles. The third kappa shape index (κ3) is 6.48. The Bertz CT molecular complexity index is 294. The lowest BCUT2D eigenvalue weighted by atomic mass is 10.2. The lowest BCUT2D eigenvalue weighted by molar-refractivity contribution is -0.142. The fraction of sp³-hybridized carbons (Fsp3) is 0.667. The Morgan fingerprint density at radius 2 is 1.65 bits per heavy atom. The summed E-state index contributed by atoms with van der Waals surface area (Å²) in [5.74, 6) is -2.91. The highest BCUT2D eigenvalue weighted by Crippen LogP contribution is 1.92. The fourth-order valence-corrected chi connectivity index (χ4v) is 1.14. The van der Waals surface area contributed by atoms with Gasteiger partial charge in [0.05, 0.1) is 6.54 Å². The van der Waals surface area contributed by atoms with Crippen molar-refractivity contribution >= 4 is 17.8 Å². The van der Waals surface area contributed by atoms with Gasteiger partial charge in [0.15, 0.2) is 0 Å². The van der Waals surface area contributed by atoms with Crippen molar-refractivity contribution in [2.24, 2.45) is 5.73 Å². The molecule has 0 rings (SSSR count). The monoisotopic (exact) mass is 247 g/mol. The number of nitrogens with two attached hydrogens (primary N) is 1. The average molecular weight is 247 g/mol. The molecule has 1 amide bonds. The fourth-order valence-electron chi connectivity index (χ4n) is 1.14. The van der Waals surface area contributed by atoms with Crippen molar-refractivity contribution in [2.45, 2.75) is 25.4 Å². The van der Waals surface area contributed by atoms with E-state index in [0.29, 0.717) is 6.42 Å². The summed E-state index contributed by atoms with van der Waals surface area (Å²) in [4.78, 5) is 31.9. The number of rotatable bonds is 9. The Morgan fingerprint density at radius 1 is 1.12 bits per heavy atom. The van der Waals surface area contributed by atoms with Crippen LogP contribution in [0.3, 0.4) is 0 Å². The second kappa shape index (κ2) is 7.58. The SMILES string of the molecule is CCC(NCC(NCC(N)=O)C(=O)O)C(=O)O. The maximum absolute atomic E-state index is 10.8. The van der Waals surface area contributed by atoms with Crippen LogP contribution in [0.25, 0.3) is 0 Å². The molecule has 0 saturated carbocycles. The molecular formula is C9H17N3O5. The minimum atomic E-state index is -1.18. The van der Waals surface area contributed by atoms with Gasteiger partial charge in [-0.05, 0) is 6.42 Å². The first-order valence-corrected chi connectivity index (χ1v) is 5.09. The first-order valence-electron chi connectivity index (χ1n) is 5.09. The van der Waals surface area contributed by atoms with Gasteiger partial charge in [0.25, 0.3) is 0 Å². The minimum absolute atomic E-state index is 0.104. The van der Waals surface area contributed by atoms with Gasteiger partial charge in [-0.2, -0.15) is 0 Å². The standard InChI is InChI=1S/C9H17N3O5/c1-2-5(8(14)15)11-3-6(9(16)17)12-4-7(10)13/h5-6,11-12H,2-4H2,1H3,(H2,10,13)(H,14,15)(H,16,17). The van der Waals surface area contributed by atoms with E-state index in [1.54, 1.807) is 6.92 Å². The van der Waals surface area contributed by atoms with Crippen LogP contribution in [0.4, 0.5) is 0 Å². The topological polar surface area (TPSA) is 142 Å². The maximum Gasteiger partial charge on any atom is 0.322 e. The highest BCUT2D eigenvalue weighted by atomic mass is 16.4. The number of amides is 1. The normalized spacial score (nSPS) is 13.9. The summed E-state index contributed by atoms with van der Waals surface area (Å²) >= 11 is 0. The molecule has 8 nitrogen and oxygen atoms in total. The number of primary amides is 1. The number of carbonyl (C=O) groups excluding carboxylic acids is 1. The van der Waals surface area contributed by atoms with Crippen molar-refractivity contribution in [3.63, 3.8) is 0 Å². The molecule has 0 aliphatic heterocycles. The first kappa shape index (κ1) is 15.3. The van der Waals surface area contributed by atoms with Crippen molar-refractivity contribution in [1.29, 1.82) is 0 Å². The molecule has 0 saturated heterocycles. The zero-order valence-corrected chi connectivity index (χ0v) is 9.47. The van der Waals surface area contributed by atoms with Gasteiger partial charge in [-0.3, -0.25) is 19.7 Å². The van der Waals surface area contributed by atoms with Gasteiger partial charge in [0.2, 0.25) is 5.91 Å². The summed E-state index contributed by atoms with van der Waals surface area (Å²) in [5, 5.41) is 22.5. The van der Waals surface area contributed by atoms with Crippen LogP contribution in [0.2, 0.25) is 0 Å².